The van der Waals surface area contributed by atoms with E-state index in [9.17, 15) is 5.11 Å². The molecule has 3 aliphatic heterocycles. The molecule has 4 rings (SSSR count). The first-order valence-electron chi connectivity index (χ1n) is 9.80. The number of aliphatic imine (C=N–C) groups is 1. The Morgan fingerprint density at radius 2 is 2.27 bits per heavy atom. The summed E-state index contributed by atoms with van der Waals surface area (Å²) in [5.74, 6) is 0.733. The van der Waals surface area contributed by atoms with Crippen LogP contribution in [0.4, 0.5) is 0 Å². The number of likely N-dealkylation sites (N-methyl/N-ethyl adjacent to an activating group) is 1. The highest BCUT2D eigenvalue weighted by molar-refractivity contribution is 5.94. The van der Waals surface area contributed by atoms with Gasteiger partial charge in [0.15, 0.2) is 12.1 Å². The molecule has 1 saturated heterocycles. The first-order chi connectivity index (χ1) is 14.5. The second-order valence-corrected chi connectivity index (χ2v) is 7.45. The van der Waals surface area contributed by atoms with E-state index in [2.05, 4.69) is 42.8 Å². The van der Waals surface area contributed by atoms with Crippen LogP contribution in [0.3, 0.4) is 0 Å². The highest BCUT2D eigenvalue weighted by atomic mass is 16.3. The third-order valence-corrected chi connectivity index (χ3v) is 5.01. The van der Waals surface area contributed by atoms with E-state index in [0.29, 0.717) is 13.1 Å². The first-order valence-corrected chi connectivity index (χ1v) is 9.80. The van der Waals surface area contributed by atoms with Crippen LogP contribution >= 0.6 is 0 Å². The zero-order chi connectivity index (χ0) is 21.1. The number of rotatable bonds is 6. The topological polar surface area (TPSA) is 105 Å². The van der Waals surface area contributed by atoms with Gasteiger partial charge in [-0.1, -0.05) is 6.58 Å². The van der Waals surface area contributed by atoms with Crippen LogP contribution in [0.1, 0.15) is 11.3 Å². The summed E-state index contributed by atoms with van der Waals surface area (Å²) in [6, 6.07) is 0. The molecule has 0 aromatic carbocycles. The van der Waals surface area contributed by atoms with Crippen LogP contribution in [0.2, 0.25) is 0 Å². The van der Waals surface area contributed by atoms with Crippen molar-refractivity contribution in [3.63, 3.8) is 0 Å². The Hall–Kier alpha value is -3.37. The Kier molecular flexibility index (Phi) is 5.68. The van der Waals surface area contributed by atoms with E-state index in [4.69, 9.17) is 0 Å². The maximum Gasteiger partial charge on any atom is 0.196 e. The number of nitrogens with one attached hydrogen (secondary N) is 3. The van der Waals surface area contributed by atoms with Gasteiger partial charge in [-0.15, -0.1) is 0 Å². The van der Waals surface area contributed by atoms with Crippen LogP contribution < -0.4 is 16.2 Å². The largest absolute Gasteiger partial charge is 0.390 e. The molecule has 0 radical (unpaired) electrons. The van der Waals surface area contributed by atoms with Crippen molar-refractivity contribution in [1.82, 2.24) is 35.9 Å². The summed E-state index contributed by atoms with van der Waals surface area (Å²) in [5, 5.41) is 26.2. The molecule has 3 aliphatic rings. The average molecular weight is 409 g/mol. The number of aliphatic hydroxyl groups excluding tert-OH is 1. The summed E-state index contributed by atoms with van der Waals surface area (Å²) >= 11 is 0. The number of hydrogen-bond acceptors (Lipinski definition) is 9. The third-order valence-electron chi connectivity index (χ3n) is 5.01. The molecule has 4 heterocycles. The first kappa shape index (κ1) is 19.9. The highest BCUT2D eigenvalue weighted by Crippen LogP contribution is 2.16. The van der Waals surface area contributed by atoms with E-state index in [1.807, 2.05) is 50.7 Å². The van der Waals surface area contributed by atoms with Gasteiger partial charge < -0.3 is 15.7 Å². The van der Waals surface area contributed by atoms with Crippen molar-refractivity contribution in [2.75, 3.05) is 20.1 Å². The number of likely N-dealkylation sites (tertiary alicyclic amines) is 1. The van der Waals surface area contributed by atoms with Crippen molar-refractivity contribution < 1.29 is 5.11 Å². The van der Waals surface area contributed by atoms with E-state index in [1.165, 1.54) is 0 Å². The fourth-order valence-corrected chi connectivity index (χ4v) is 3.30. The third kappa shape index (κ3) is 4.61. The van der Waals surface area contributed by atoms with Gasteiger partial charge in [-0.05, 0) is 31.2 Å². The van der Waals surface area contributed by atoms with Crippen LogP contribution in [0.5, 0.6) is 0 Å². The minimum Gasteiger partial charge on any atom is -0.390 e. The van der Waals surface area contributed by atoms with E-state index >= 15 is 0 Å². The number of aromatic nitrogens is 2. The van der Waals surface area contributed by atoms with Gasteiger partial charge in [-0.25, -0.2) is 15.2 Å². The van der Waals surface area contributed by atoms with Crippen molar-refractivity contribution in [3.05, 3.63) is 65.9 Å². The number of hydrazone groups is 1. The number of hydrogen-bond donors (Lipinski definition) is 4. The van der Waals surface area contributed by atoms with Gasteiger partial charge >= 0.3 is 0 Å². The minimum atomic E-state index is -0.349. The number of nitrogens with zero attached hydrogens (tertiary/aromatic N) is 6. The Morgan fingerprint density at radius 1 is 1.43 bits per heavy atom. The number of allylic oxidation sites excluding steroid dienone is 4. The Labute approximate surface area is 175 Å². The van der Waals surface area contributed by atoms with Crippen LogP contribution in [0.15, 0.2) is 64.8 Å². The molecule has 1 unspecified atom stereocenters. The molecule has 0 spiro atoms. The summed E-state index contributed by atoms with van der Waals surface area (Å²) < 4.78 is 1.79. The summed E-state index contributed by atoms with van der Waals surface area (Å²) in [4.78, 5) is 6.88. The monoisotopic (exact) mass is 409 g/mol. The predicted molar refractivity (Wildman–Crippen MR) is 116 cm³/mol. The lowest BCUT2D eigenvalue weighted by molar-refractivity contribution is -0.00297. The minimum absolute atomic E-state index is 0.203. The standard InChI is InChI=1S/C20H27N9O/c1-14(4-5-17-6-9-22-26-27(17)3)23-20-21-8-7-19(24-20)29-11-16(15(2)25-29)10-28-12-18(30)13-28/h4-9,11,18,20-21,23,26,30H,1,10,12-13H2,2-3H3/b5-4-. The molecule has 30 heavy (non-hydrogen) atoms. The second-order valence-electron chi connectivity index (χ2n) is 7.45. The molecular weight excluding hydrogens is 382 g/mol. The normalized spacial score (nSPS) is 21.7. The Balaban J connectivity index is 1.38. The fraction of sp³-hybridized carbons (Fsp3) is 0.350. The summed E-state index contributed by atoms with van der Waals surface area (Å²) in [6.07, 6.45) is 12.6. The molecule has 1 aromatic heterocycles. The van der Waals surface area contributed by atoms with Gasteiger partial charge in [0.1, 0.15) is 0 Å². The summed E-state index contributed by atoms with van der Waals surface area (Å²) in [6.45, 7) is 8.25. The Bertz CT molecular complexity index is 949. The smallest absolute Gasteiger partial charge is 0.196 e. The predicted octanol–water partition coefficient (Wildman–Crippen LogP) is -0.00568. The molecule has 1 fully saturated rings. The van der Waals surface area contributed by atoms with Gasteiger partial charge in [-0.2, -0.15) is 10.2 Å². The van der Waals surface area contributed by atoms with Crippen LogP contribution in [0.25, 0.3) is 0 Å². The van der Waals surface area contributed by atoms with Gasteiger partial charge in [0, 0.05) is 50.3 Å². The molecule has 0 amide bonds. The van der Waals surface area contributed by atoms with Crippen molar-refractivity contribution >= 4 is 12.1 Å². The fourth-order valence-electron chi connectivity index (χ4n) is 3.30. The molecule has 1 atom stereocenters. The summed E-state index contributed by atoms with van der Waals surface area (Å²) in [7, 11) is 1.89. The van der Waals surface area contributed by atoms with Gasteiger partial charge in [0.05, 0.1) is 23.7 Å². The van der Waals surface area contributed by atoms with Crippen LogP contribution in [-0.4, -0.2) is 69.4 Å². The van der Waals surface area contributed by atoms with Gasteiger partial charge in [-0.3, -0.25) is 9.91 Å². The molecule has 4 N–H and O–H groups in total. The van der Waals surface area contributed by atoms with Gasteiger partial charge in [0.25, 0.3) is 0 Å². The molecule has 10 nitrogen and oxygen atoms in total. The van der Waals surface area contributed by atoms with E-state index in [-0.39, 0.29) is 12.4 Å². The zero-order valence-corrected chi connectivity index (χ0v) is 17.2. The lowest BCUT2D eigenvalue weighted by Crippen LogP contribution is -2.49. The second kappa shape index (κ2) is 8.56. The van der Waals surface area contributed by atoms with E-state index < -0.39 is 0 Å². The van der Waals surface area contributed by atoms with Crippen molar-refractivity contribution in [2.45, 2.75) is 25.9 Å². The maximum atomic E-state index is 9.47. The van der Waals surface area contributed by atoms with Crippen LogP contribution in [-0.2, 0) is 6.54 Å². The average Bonchev–Trinajstić information content (AvgIpc) is 3.07. The van der Waals surface area contributed by atoms with Gasteiger partial charge in [0.2, 0.25) is 0 Å². The molecule has 158 valence electrons. The van der Waals surface area contributed by atoms with Crippen LogP contribution in [0, 0.1) is 6.92 Å². The lowest BCUT2D eigenvalue weighted by atomic mass is 10.1. The summed E-state index contributed by atoms with van der Waals surface area (Å²) in [5.41, 5.74) is 6.63. The molecule has 0 aliphatic carbocycles. The number of hydrazine groups is 1. The van der Waals surface area contributed by atoms with Crippen molar-refractivity contribution in [3.8, 4) is 0 Å². The maximum absolute atomic E-state index is 9.47. The Morgan fingerprint density at radius 3 is 3.03 bits per heavy atom. The lowest BCUT2D eigenvalue weighted by Gasteiger charge is -2.35. The molecule has 1 aromatic rings. The van der Waals surface area contributed by atoms with Crippen molar-refractivity contribution in [1.29, 1.82) is 0 Å². The molecule has 10 heteroatoms. The molecule has 0 bridgehead atoms. The SMILES string of the molecule is C=C(/C=C\C1=CC=NNN1C)NC1N=C(n2cc(CN3CC(O)C3)c(C)n2)C=CN1. The van der Waals surface area contributed by atoms with E-state index in [1.54, 1.807) is 15.9 Å². The quantitative estimate of drug-likeness (QED) is 0.490. The highest BCUT2D eigenvalue weighted by Gasteiger charge is 2.25. The number of aryl methyl sites for hydroxylation is 1. The van der Waals surface area contributed by atoms with E-state index in [0.717, 1.165) is 35.0 Å². The number of β-amino-alcohol motifs (C(OH)–C–C–N with tert-alkyl or cyclic N) is 1. The van der Waals surface area contributed by atoms with Crippen molar-refractivity contribution in [2.24, 2.45) is 10.1 Å². The molecule has 0 saturated carbocycles. The zero-order valence-electron chi connectivity index (χ0n) is 17.2. The molecular formula is C20H27N9O. The number of aliphatic hydroxyl groups is 1.